The summed E-state index contributed by atoms with van der Waals surface area (Å²) in [5, 5.41) is 16.7. The number of carbonyl (C=O) groups excluding carboxylic acids is 2. The molecule has 158 valence electrons. The quantitative estimate of drug-likeness (QED) is 0.423. The highest BCUT2D eigenvalue weighted by molar-refractivity contribution is 6.04. The van der Waals surface area contributed by atoms with E-state index in [-0.39, 0.29) is 30.8 Å². The van der Waals surface area contributed by atoms with Gasteiger partial charge in [0, 0.05) is 41.8 Å². The maximum absolute atomic E-state index is 12.4. The zero-order valence-corrected chi connectivity index (χ0v) is 16.5. The number of nitro benzene ring substituents is 1. The van der Waals surface area contributed by atoms with E-state index >= 15 is 0 Å². The zero-order chi connectivity index (χ0) is 22.1. The highest BCUT2D eigenvalue weighted by Crippen LogP contribution is 2.21. The predicted molar refractivity (Wildman–Crippen MR) is 114 cm³/mol. The number of rotatable bonds is 8. The summed E-state index contributed by atoms with van der Waals surface area (Å²) in [5.74, 6) is -0.469. The summed E-state index contributed by atoms with van der Waals surface area (Å²) in [6.07, 6.45) is 2.65. The third kappa shape index (κ3) is 6.36. The number of alkyl carbamates (subject to hydrolysis) is 1. The molecule has 0 fully saturated rings. The standard InChI is InChI=1S/C22H20N4O5/c27-21(25-19-9-11-23-12-10-19)18-7-6-17(20(14-18)26(29)30)8-13-24-22(28)31-15-16-4-2-1-3-5-16/h1-7,9-12,14H,8,13,15H2,(H,24,28)(H,23,25,27). The molecule has 0 aliphatic heterocycles. The van der Waals surface area contributed by atoms with Crippen LogP contribution in [0.5, 0.6) is 0 Å². The Morgan fingerprint density at radius 3 is 2.48 bits per heavy atom. The Morgan fingerprint density at radius 2 is 1.77 bits per heavy atom. The van der Waals surface area contributed by atoms with Gasteiger partial charge in [-0.3, -0.25) is 19.9 Å². The predicted octanol–water partition coefficient (Wildman–Crippen LogP) is 3.71. The number of hydrogen-bond donors (Lipinski definition) is 2. The van der Waals surface area contributed by atoms with Crippen molar-refractivity contribution in [2.75, 3.05) is 11.9 Å². The largest absolute Gasteiger partial charge is 0.445 e. The van der Waals surface area contributed by atoms with Gasteiger partial charge in [-0.2, -0.15) is 0 Å². The lowest BCUT2D eigenvalue weighted by atomic mass is 10.1. The van der Waals surface area contributed by atoms with Crippen LogP contribution in [0.3, 0.4) is 0 Å². The normalized spacial score (nSPS) is 10.2. The van der Waals surface area contributed by atoms with Crippen molar-refractivity contribution in [3.63, 3.8) is 0 Å². The number of nitrogens with one attached hydrogen (secondary N) is 2. The lowest BCUT2D eigenvalue weighted by Gasteiger charge is -2.09. The van der Waals surface area contributed by atoms with Gasteiger partial charge in [-0.25, -0.2) is 4.79 Å². The van der Waals surface area contributed by atoms with Crippen LogP contribution >= 0.6 is 0 Å². The molecule has 0 bridgehead atoms. The van der Waals surface area contributed by atoms with Gasteiger partial charge in [0.1, 0.15) is 6.61 Å². The number of nitro groups is 1. The molecule has 0 aliphatic rings. The minimum atomic E-state index is -0.611. The van der Waals surface area contributed by atoms with Gasteiger partial charge >= 0.3 is 6.09 Å². The monoisotopic (exact) mass is 420 g/mol. The second kappa shape index (κ2) is 10.5. The number of nitrogens with zero attached hydrogens (tertiary/aromatic N) is 2. The first-order valence-electron chi connectivity index (χ1n) is 9.46. The van der Waals surface area contributed by atoms with Crippen LogP contribution in [-0.4, -0.2) is 28.5 Å². The maximum atomic E-state index is 12.4. The van der Waals surface area contributed by atoms with Crippen molar-refractivity contribution < 1.29 is 19.2 Å². The Hall–Kier alpha value is -4.27. The second-order valence-corrected chi connectivity index (χ2v) is 6.53. The molecular formula is C22H20N4O5. The minimum Gasteiger partial charge on any atom is -0.445 e. The topological polar surface area (TPSA) is 123 Å². The van der Waals surface area contributed by atoms with Crippen molar-refractivity contribution in [3.8, 4) is 0 Å². The summed E-state index contributed by atoms with van der Waals surface area (Å²) < 4.78 is 5.11. The fourth-order valence-electron chi connectivity index (χ4n) is 2.80. The summed E-state index contributed by atoms with van der Waals surface area (Å²) in [6.45, 7) is 0.283. The van der Waals surface area contributed by atoms with Crippen LogP contribution in [0.4, 0.5) is 16.2 Å². The fraction of sp³-hybridized carbons (Fsp3) is 0.136. The minimum absolute atomic E-state index is 0.133. The number of benzene rings is 2. The van der Waals surface area contributed by atoms with Crippen molar-refractivity contribution in [1.29, 1.82) is 0 Å². The van der Waals surface area contributed by atoms with Gasteiger partial charge in [0.15, 0.2) is 0 Å². The summed E-state index contributed by atoms with van der Waals surface area (Å²) in [6, 6.07) is 16.7. The van der Waals surface area contributed by atoms with E-state index < -0.39 is 16.9 Å². The Balaban J connectivity index is 1.56. The summed E-state index contributed by atoms with van der Waals surface area (Å²) in [4.78, 5) is 39.0. The molecule has 9 nitrogen and oxygen atoms in total. The summed E-state index contributed by atoms with van der Waals surface area (Å²) in [7, 11) is 0. The zero-order valence-electron chi connectivity index (χ0n) is 16.5. The Labute approximate surface area is 178 Å². The van der Waals surface area contributed by atoms with Crippen molar-refractivity contribution in [3.05, 3.63) is 99.9 Å². The highest BCUT2D eigenvalue weighted by atomic mass is 16.6. The van der Waals surface area contributed by atoms with Crippen LogP contribution < -0.4 is 10.6 Å². The number of aromatic nitrogens is 1. The van der Waals surface area contributed by atoms with E-state index in [2.05, 4.69) is 15.6 Å². The van der Waals surface area contributed by atoms with Crippen LogP contribution in [-0.2, 0) is 17.8 Å². The molecule has 0 saturated carbocycles. The summed E-state index contributed by atoms with van der Waals surface area (Å²) >= 11 is 0. The van der Waals surface area contributed by atoms with Gasteiger partial charge in [-0.05, 0) is 30.2 Å². The lowest BCUT2D eigenvalue weighted by Crippen LogP contribution is -2.26. The molecule has 2 aromatic carbocycles. The van der Waals surface area contributed by atoms with Crippen molar-refractivity contribution in [2.45, 2.75) is 13.0 Å². The van der Waals surface area contributed by atoms with E-state index in [1.807, 2.05) is 30.3 Å². The highest BCUT2D eigenvalue weighted by Gasteiger charge is 2.18. The molecular weight excluding hydrogens is 400 g/mol. The molecule has 0 unspecified atom stereocenters. The molecule has 1 heterocycles. The Morgan fingerprint density at radius 1 is 1.03 bits per heavy atom. The van der Waals surface area contributed by atoms with Gasteiger partial charge in [-0.15, -0.1) is 0 Å². The van der Waals surface area contributed by atoms with Crippen LogP contribution in [0.25, 0.3) is 0 Å². The van der Waals surface area contributed by atoms with Crippen molar-refractivity contribution >= 4 is 23.4 Å². The molecule has 0 atom stereocenters. The van der Waals surface area contributed by atoms with E-state index in [0.29, 0.717) is 11.3 Å². The summed E-state index contributed by atoms with van der Waals surface area (Å²) in [5.41, 5.74) is 1.75. The fourth-order valence-corrected chi connectivity index (χ4v) is 2.80. The SMILES string of the molecule is O=C(NCCc1ccc(C(=O)Nc2ccncc2)cc1[N+](=O)[O-])OCc1ccccc1. The van der Waals surface area contributed by atoms with Gasteiger partial charge in [0.2, 0.25) is 0 Å². The number of anilines is 1. The first-order chi connectivity index (χ1) is 15.0. The molecule has 2 N–H and O–H groups in total. The molecule has 1 aromatic heterocycles. The average Bonchev–Trinajstić information content (AvgIpc) is 2.79. The van der Waals surface area contributed by atoms with Crippen LogP contribution in [0.1, 0.15) is 21.5 Å². The molecule has 31 heavy (non-hydrogen) atoms. The van der Waals surface area contributed by atoms with Gasteiger partial charge in [-0.1, -0.05) is 36.4 Å². The Kier molecular flexibility index (Phi) is 7.26. The van der Waals surface area contributed by atoms with E-state index in [1.54, 1.807) is 12.1 Å². The average molecular weight is 420 g/mol. The molecule has 0 radical (unpaired) electrons. The van der Waals surface area contributed by atoms with Crippen molar-refractivity contribution in [1.82, 2.24) is 10.3 Å². The third-order valence-electron chi connectivity index (χ3n) is 4.36. The molecule has 0 spiro atoms. The number of pyridine rings is 1. The van der Waals surface area contributed by atoms with E-state index in [9.17, 15) is 19.7 Å². The molecule has 3 rings (SSSR count). The number of ether oxygens (including phenoxy) is 1. The number of hydrogen-bond acceptors (Lipinski definition) is 6. The van der Waals surface area contributed by atoms with Gasteiger partial charge in [0.05, 0.1) is 4.92 Å². The molecule has 2 amide bonds. The van der Waals surface area contributed by atoms with Gasteiger partial charge in [0.25, 0.3) is 11.6 Å². The Bertz CT molecular complexity index is 1060. The van der Waals surface area contributed by atoms with Crippen LogP contribution in [0, 0.1) is 10.1 Å². The van der Waals surface area contributed by atoms with Crippen LogP contribution in [0.15, 0.2) is 73.1 Å². The second-order valence-electron chi connectivity index (χ2n) is 6.53. The number of amides is 2. The molecule has 0 saturated heterocycles. The first kappa shape index (κ1) is 21.4. The lowest BCUT2D eigenvalue weighted by molar-refractivity contribution is -0.385. The third-order valence-corrected chi connectivity index (χ3v) is 4.36. The maximum Gasteiger partial charge on any atom is 0.407 e. The smallest absolute Gasteiger partial charge is 0.407 e. The van der Waals surface area contributed by atoms with E-state index in [4.69, 9.17) is 4.74 Å². The molecule has 0 aliphatic carbocycles. The molecule has 9 heteroatoms. The first-order valence-corrected chi connectivity index (χ1v) is 9.46. The van der Waals surface area contributed by atoms with E-state index in [1.165, 1.54) is 30.6 Å². The van der Waals surface area contributed by atoms with Crippen molar-refractivity contribution in [2.24, 2.45) is 0 Å². The molecule has 3 aromatic rings. The van der Waals surface area contributed by atoms with E-state index in [0.717, 1.165) is 5.56 Å². The van der Waals surface area contributed by atoms with Crippen LogP contribution in [0.2, 0.25) is 0 Å². The number of carbonyl (C=O) groups is 2. The van der Waals surface area contributed by atoms with Gasteiger partial charge < -0.3 is 15.4 Å².